The zero-order valence-electron chi connectivity index (χ0n) is 13.4. The molecule has 2 aromatic heterocycles. The number of benzene rings is 1. The first-order chi connectivity index (χ1) is 12.2. The molecule has 0 radical (unpaired) electrons. The van der Waals surface area contributed by atoms with Gasteiger partial charge in [-0.3, -0.25) is 0 Å². The number of rotatable bonds is 2. The number of hydrogen-bond acceptors (Lipinski definition) is 5. The first kappa shape index (κ1) is 15.2. The second-order valence-corrected chi connectivity index (χ2v) is 5.94. The highest BCUT2D eigenvalue weighted by molar-refractivity contribution is 5.79. The molecule has 0 spiro atoms. The molecule has 0 unspecified atom stereocenters. The minimum Gasteiger partial charge on any atom is -0.472 e. The lowest BCUT2D eigenvalue weighted by molar-refractivity contribution is 0.568. The summed E-state index contributed by atoms with van der Waals surface area (Å²) >= 11 is 0. The molecule has 124 valence electrons. The molecular weight excluding hydrogens is 319 g/mol. The Balaban J connectivity index is 1.83. The molecule has 0 saturated heterocycles. The molecule has 0 saturated carbocycles. The van der Waals surface area contributed by atoms with E-state index in [-0.39, 0.29) is 11.6 Å². The van der Waals surface area contributed by atoms with E-state index in [2.05, 4.69) is 16.0 Å². The van der Waals surface area contributed by atoms with Crippen molar-refractivity contribution >= 4 is 11.5 Å². The summed E-state index contributed by atoms with van der Waals surface area (Å²) in [6.45, 7) is 1.32. The third-order valence-electron chi connectivity index (χ3n) is 4.49. The first-order valence-corrected chi connectivity index (χ1v) is 7.92. The Bertz CT molecular complexity index is 959. The van der Waals surface area contributed by atoms with Crippen molar-refractivity contribution < 1.29 is 8.81 Å². The van der Waals surface area contributed by atoms with Gasteiger partial charge in [-0.2, -0.15) is 5.26 Å². The lowest BCUT2D eigenvalue weighted by Gasteiger charge is -2.32. The normalized spacial score (nSPS) is 13.4. The Morgan fingerprint density at radius 2 is 2.04 bits per heavy atom. The van der Waals surface area contributed by atoms with Crippen molar-refractivity contribution in [2.45, 2.75) is 13.0 Å². The fraction of sp³-hybridized carbons (Fsp3) is 0.158. The smallest absolute Gasteiger partial charge is 0.142 e. The van der Waals surface area contributed by atoms with Gasteiger partial charge in [-0.05, 0) is 30.3 Å². The molecule has 0 amide bonds. The minimum atomic E-state index is -0.263. The molecule has 1 aliphatic rings. The molecule has 3 heterocycles. The summed E-state index contributed by atoms with van der Waals surface area (Å²) in [5.41, 5.74) is 10.7. The lowest BCUT2D eigenvalue weighted by atomic mass is 9.92. The summed E-state index contributed by atoms with van der Waals surface area (Å²) in [6.07, 6.45) is 3.88. The number of fused-ring (bicyclic) bond motifs is 1. The summed E-state index contributed by atoms with van der Waals surface area (Å²) in [5, 5.41) is 9.56. The van der Waals surface area contributed by atoms with Gasteiger partial charge in [0.2, 0.25) is 0 Å². The van der Waals surface area contributed by atoms with E-state index in [0.29, 0.717) is 18.5 Å². The molecular formula is C19H15FN4O. The van der Waals surface area contributed by atoms with Crippen LogP contribution in [0.1, 0.15) is 16.8 Å². The second kappa shape index (κ2) is 5.95. The molecule has 6 heteroatoms. The predicted molar refractivity (Wildman–Crippen MR) is 92.2 cm³/mol. The number of pyridine rings is 1. The van der Waals surface area contributed by atoms with Crippen LogP contribution in [0.3, 0.4) is 0 Å². The van der Waals surface area contributed by atoms with E-state index in [9.17, 15) is 9.65 Å². The Morgan fingerprint density at radius 3 is 2.72 bits per heavy atom. The quantitative estimate of drug-likeness (QED) is 0.776. The van der Waals surface area contributed by atoms with Crippen LogP contribution in [0.5, 0.6) is 0 Å². The second-order valence-electron chi connectivity index (χ2n) is 5.94. The summed E-state index contributed by atoms with van der Waals surface area (Å²) in [5.74, 6) is -0.0193. The number of nitrogen functional groups attached to an aromatic ring is 1. The average Bonchev–Trinajstić information content (AvgIpc) is 3.15. The molecule has 0 aliphatic carbocycles. The van der Waals surface area contributed by atoms with Gasteiger partial charge in [-0.25, -0.2) is 9.37 Å². The summed E-state index contributed by atoms with van der Waals surface area (Å²) in [7, 11) is 0. The average molecular weight is 334 g/mol. The van der Waals surface area contributed by atoms with Crippen LogP contribution in [-0.2, 0) is 13.0 Å². The van der Waals surface area contributed by atoms with Crippen LogP contribution in [0.15, 0.2) is 47.3 Å². The number of halogens is 1. The van der Waals surface area contributed by atoms with E-state index in [4.69, 9.17) is 10.2 Å². The number of nitrogens with zero attached hydrogens (tertiary/aromatic N) is 3. The number of hydrogen-bond donors (Lipinski definition) is 1. The van der Waals surface area contributed by atoms with Crippen molar-refractivity contribution in [1.82, 2.24) is 4.98 Å². The number of aromatic nitrogens is 1. The zero-order valence-corrected chi connectivity index (χ0v) is 13.4. The minimum absolute atomic E-state index is 0.243. The monoisotopic (exact) mass is 334 g/mol. The maximum Gasteiger partial charge on any atom is 0.142 e. The van der Waals surface area contributed by atoms with E-state index in [1.165, 1.54) is 12.1 Å². The van der Waals surface area contributed by atoms with E-state index in [0.717, 1.165) is 34.6 Å². The van der Waals surface area contributed by atoms with Gasteiger partial charge < -0.3 is 15.1 Å². The summed E-state index contributed by atoms with van der Waals surface area (Å²) in [4.78, 5) is 6.58. The zero-order chi connectivity index (χ0) is 17.4. The molecule has 25 heavy (non-hydrogen) atoms. The van der Waals surface area contributed by atoms with Crippen LogP contribution in [0.25, 0.3) is 11.1 Å². The SMILES string of the molecule is N#Cc1c(N)nc2c(c1-c1ccoc1)CN(c1ccc(F)cc1)CC2. The van der Waals surface area contributed by atoms with Crippen LogP contribution >= 0.6 is 0 Å². The number of nitriles is 1. The van der Waals surface area contributed by atoms with Crippen molar-refractivity contribution in [3.05, 3.63) is 65.5 Å². The number of furan rings is 1. The Kier molecular flexibility index (Phi) is 3.62. The van der Waals surface area contributed by atoms with E-state index in [1.54, 1.807) is 24.7 Å². The third-order valence-corrected chi connectivity index (χ3v) is 4.49. The van der Waals surface area contributed by atoms with Gasteiger partial charge in [0.05, 0.1) is 18.2 Å². The number of anilines is 2. The van der Waals surface area contributed by atoms with Gasteiger partial charge in [-0.15, -0.1) is 0 Å². The Labute approximate surface area is 144 Å². The van der Waals surface area contributed by atoms with E-state index < -0.39 is 0 Å². The van der Waals surface area contributed by atoms with Crippen molar-refractivity contribution in [1.29, 1.82) is 5.26 Å². The van der Waals surface area contributed by atoms with Gasteiger partial charge in [0.15, 0.2) is 0 Å². The van der Waals surface area contributed by atoms with E-state index in [1.807, 2.05) is 6.07 Å². The maximum atomic E-state index is 13.2. The van der Waals surface area contributed by atoms with Crippen molar-refractivity contribution in [3.63, 3.8) is 0 Å². The van der Waals surface area contributed by atoms with Crippen molar-refractivity contribution in [2.24, 2.45) is 0 Å². The molecule has 0 fully saturated rings. The van der Waals surface area contributed by atoms with Crippen LogP contribution < -0.4 is 10.6 Å². The van der Waals surface area contributed by atoms with Gasteiger partial charge in [0.1, 0.15) is 23.3 Å². The highest BCUT2D eigenvalue weighted by Gasteiger charge is 2.26. The lowest BCUT2D eigenvalue weighted by Crippen LogP contribution is -2.32. The fourth-order valence-electron chi connectivity index (χ4n) is 3.29. The molecule has 2 N–H and O–H groups in total. The first-order valence-electron chi connectivity index (χ1n) is 7.92. The molecule has 1 aliphatic heterocycles. The summed E-state index contributed by atoms with van der Waals surface area (Å²) in [6, 6.07) is 10.4. The van der Waals surface area contributed by atoms with Crippen LogP contribution in [0, 0.1) is 17.1 Å². The highest BCUT2D eigenvalue weighted by atomic mass is 19.1. The Morgan fingerprint density at radius 1 is 1.24 bits per heavy atom. The third kappa shape index (κ3) is 2.60. The maximum absolute atomic E-state index is 13.2. The highest BCUT2D eigenvalue weighted by Crippen LogP contribution is 2.36. The number of nitrogens with two attached hydrogens (primary N) is 1. The topological polar surface area (TPSA) is 79.1 Å². The fourth-order valence-corrected chi connectivity index (χ4v) is 3.29. The van der Waals surface area contributed by atoms with Crippen LogP contribution in [0.2, 0.25) is 0 Å². The Hall–Kier alpha value is -3.33. The standard InChI is InChI=1S/C19H15FN4O/c20-13-1-3-14(4-2-13)24-7-5-17-16(10-24)18(12-6-8-25-11-12)15(9-21)19(22)23-17/h1-4,6,8,11H,5,7,10H2,(H2,22,23). The van der Waals surface area contributed by atoms with Gasteiger partial charge >= 0.3 is 0 Å². The molecule has 0 bridgehead atoms. The molecule has 4 rings (SSSR count). The molecule has 1 aromatic carbocycles. The summed E-state index contributed by atoms with van der Waals surface area (Å²) < 4.78 is 18.4. The van der Waals surface area contributed by atoms with Crippen molar-refractivity contribution in [2.75, 3.05) is 17.2 Å². The predicted octanol–water partition coefficient (Wildman–Crippen LogP) is 3.50. The largest absolute Gasteiger partial charge is 0.472 e. The molecule has 3 aromatic rings. The van der Waals surface area contributed by atoms with Crippen LogP contribution in [-0.4, -0.2) is 11.5 Å². The van der Waals surface area contributed by atoms with Gasteiger partial charge in [-0.1, -0.05) is 0 Å². The van der Waals surface area contributed by atoms with Crippen LogP contribution in [0.4, 0.5) is 15.9 Å². The van der Waals surface area contributed by atoms with E-state index >= 15 is 0 Å². The van der Waals surface area contributed by atoms with Crippen molar-refractivity contribution in [3.8, 4) is 17.2 Å². The van der Waals surface area contributed by atoms with Gasteiger partial charge in [0, 0.05) is 41.9 Å². The molecule has 0 atom stereocenters. The molecule has 5 nitrogen and oxygen atoms in total. The van der Waals surface area contributed by atoms with Gasteiger partial charge in [0.25, 0.3) is 0 Å².